The van der Waals surface area contributed by atoms with Crippen LogP contribution >= 0.6 is 11.6 Å². The fourth-order valence-electron chi connectivity index (χ4n) is 1.55. The van der Waals surface area contributed by atoms with Crippen LogP contribution < -0.4 is 4.74 Å². The lowest BCUT2D eigenvalue weighted by molar-refractivity contribution is -0.137. The Morgan fingerprint density at radius 3 is 2.62 bits per heavy atom. The third-order valence-electron chi connectivity index (χ3n) is 2.47. The molecule has 0 aliphatic heterocycles. The first kappa shape index (κ1) is 15.5. The second-order valence-corrected chi connectivity index (χ2v) is 4.48. The normalized spacial score (nSPS) is 11.5. The number of aromatic nitrogens is 3. The first-order chi connectivity index (χ1) is 9.90. The molecular formula is C13H11ClF3N3O. The number of rotatable bonds is 4. The molecule has 0 aliphatic carbocycles. The van der Waals surface area contributed by atoms with Gasteiger partial charge in [-0.1, -0.05) is 19.1 Å². The molecule has 21 heavy (non-hydrogen) atoms. The maximum Gasteiger partial charge on any atom is 0.416 e. The van der Waals surface area contributed by atoms with Gasteiger partial charge >= 0.3 is 12.2 Å². The van der Waals surface area contributed by atoms with Gasteiger partial charge in [-0.25, -0.2) is 0 Å². The molecule has 0 amide bonds. The number of ether oxygens (including phenoxy) is 1. The van der Waals surface area contributed by atoms with E-state index < -0.39 is 11.7 Å². The van der Waals surface area contributed by atoms with Crippen LogP contribution in [0.1, 0.15) is 18.9 Å². The summed E-state index contributed by atoms with van der Waals surface area (Å²) in [7, 11) is 0. The SMILES string of the molecule is CCCOc1nc(Cl)nc(-c2cccc(C(F)(F)F)c2)n1. The van der Waals surface area contributed by atoms with E-state index in [1.807, 2.05) is 6.92 Å². The average Bonchev–Trinajstić information content (AvgIpc) is 2.44. The van der Waals surface area contributed by atoms with Gasteiger partial charge in [0.05, 0.1) is 12.2 Å². The molecule has 4 nitrogen and oxygen atoms in total. The van der Waals surface area contributed by atoms with Crippen LogP contribution in [-0.2, 0) is 6.18 Å². The molecule has 112 valence electrons. The van der Waals surface area contributed by atoms with Crippen molar-refractivity contribution < 1.29 is 17.9 Å². The molecule has 0 saturated carbocycles. The summed E-state index contributed by atoms with van der Waals surface area (Å²) < 4.78 is 43.3. The molecule has 2 aromatic rings. The Morgan fingerprint density at radius 1 is 1.19 bits per heavy atom. The molecule has 0 radical (unpaired) electrons. The van der Waals surface area contributed by atoms with E-state index in [2.05, 4.69) is 15.0 Å². The van der Waals surface area contributed by atoms with Gasteiger partial charge in [0.25, 0.3) is 0 Å². The minimum absolute atomic E-state index is 0.00994. The lowest BCUT2D eigenvalue weighted by atomic mass is 10.1. The van der Waals surface area contributed by atoms with Gasteiger partial charge in [0, 0.05) is 5.56 Å². The van der Waals surface area contributed by atoms with Gasteiger partial charge < -0.3 is 4.74 Å². The highest BCUT2D eigenvalue weighted by Crippen LogP contribution is 2.31. The highest BCUT2D eigenvalue weighted by molar-refractivity contribution is 6.28. The molecular weight excluding hydrogens is 307 g/mol. The number of benzene rings is 1. The zero-order valence-corrected chi connectivity index (χ0v) is 11.7. The maximum absolute atomic E-state index is 12.7. The average molecular weight is 318 g/mol. The van der Waals surface area contributed by atoms with E-state index >= 15 is 0 Å². The molecule has 0 N–H and O–H groups in total. The van der Waals surface area contributed by atoms with Gasteiger partial charge in [0.1, 0.15) is 0 Å². The highest BCUT2D eigenvalue weighted by Gasteiger charge is 2.30. The monoisotopic (exact) mass is 317 g/mol. The fraction of sp³-hybridized carbons (Fsp3) is 0.308. The molecule has 0 aliphatic rings. The van der Waals surface area contributed by atoms with E-state index in [0.717, 1.165) is 18.6 Å². The van der Waals surface area contributed by atoms with Crippen LogP contribution in [0.25, 0.3) is 11.4 Å². The zero-order chi connectivity index (χ0) is 15.5. The second kappa shape index (κ2) is 6.26. The standard InChI is InChI=1S/C13H11ClF3N3O/c1-2-6-21-12-19-10(18-11(14)20-12)8-4-3-5-9(7-8)13(15,16)17/h3-5,7H,2,6H2,1H3. The molecule has 0 atom stereocenters. The largest absolute Gasteiger partial charge is 0.463 e. The van der Waals surface area contributed by atoms with Gasteiger partial charge in [-0.05, 0) is 30.2 Å². The molecule has 0 spiro atoms. The van der Waals surface area contributed by atoms with Crippen LogP contribution in [0.3, 0.4) is 0 Å². The van der Waals surface area contributed by atoms with Crippen LogP contribution in [0, 0.1) is 0 Å². The molecule has 1 aromatic carbocycles. The Morgan fingerprint density at radius 2 is 1.95 bits per heavy atom. The molecule has 1 aromatic heterocycles. The Bertz CT molecular complexity index is 634. The number of nitrogens with zero attached hydrogens (tertiary/aromatic N) is 3. The molecule has 1 heterocycles. The van der Waals surface area contributed by atoms with Crippen molar-refractivity contribution in [1.82, 2.24) is 15.0 Å². The highest BCUT2D eigenvalue weighted by atomic mass is 35.5. The van der Waals surface area contributed by atoms with Crippen LogP contribution in [0.4, 0.5) is 13.2 Å². The number of hydrogen-bond acceptors (Lipinski definition) is 4. The van der Waals surface area contributed by atoms with E-state index in [1.165, 1.54) is 12.1 Å². The van der Waals surface area contributed by atoms with E-state index in [0.29, 0.717) is 6.61 Å². The van der Waals surface area contributed by atoms with Crippen molar-refractivity contribution in [3.8, 4) is 17.4 Å². The van der Waals surface area contributed by atoms with Crippen molar-refractivity contribution in [1.29, 1.82) is 0 Å². The minimum atomic E-state index is -4.44. The molecule has 2 rings (SSSR count). The number of hydrogen-bond donors (Lipinski definition) is 0. The zero-order valence-electron chi connectivity index (χ0n) is 11.0. The lowest BCUT2D eigenvalue weighted by Gasteiger charge is -2.09. The summed E-state index contributed by atoms with van der Waals surface area (Å²) in [6.45, 7) is 2.28. The Labute approximate surface area is 124 Å². The van der Waals surface area contributed by atoms with E-state index in [9.17, 15) is 13.2 Å². The van der Waals surface area contributed by atoms with Crippen molar-refractivity contribution in [3.63, 3.8) is 0 Å². The number of halogens is 4. The number of alkyl halides is 3. The summed E-state index contributed by atoms with van der Waals surface area (Å²) in [6, 6.07) is 4.66. The van der Waals surface area contributed by atoms with Crippen molar-refractivity contribution in [2.45, 2.75) is 19.5 Å². The van der Waals surface area contributed by atoms with Gasteiger partial charge in [0.15, 0.2) is 5.82 Å². The topological polar surface area (TPSA) is 47.9 Å². The maximum atomic E-state index is 12.7. The van der Waals surface area contributed by atoms with Crippen LogP contribution in [-0.4, -0.2) is 21.6 Å². The third-order valence-corrected chi connectivity index (χ3v) is 2.64. The van der Waals surface area contributed by atoms with Crippen LogP contribution in [0.15, 0.2) is 24.3 Å². The second-order valence-electron chi connectivity index (χ2n) is 4.14. The Kier molecular flexibility index (Phi) is 4.62. The molecule has 0 saturated heterocycles. The van der Waals surface area contributed by atoms with Crippen molar-refractivity contribution >= 4 is 11.6 Å². The van der Waals surface area contributed by atoms with Crippen LogP contribution in [0.2, 0.25) is 5.28 Å². The third kappa shape index (κ3) is 4.04. The van der Waals surface area contributed by atoms with Crippen molar-refractivity contribution in [3.05, 3.63) is 35.1 Å². The van der Waals surface area contributed by atoms with E-state index in [4.69, 9.17) is 16.3 Å². The van der Waals surface area contributed by atoms with E-state index in [-0.39, 0.29) is 22.7 Å². The summed E-state index contributed by atoms with van der Waals surface area (Å²) in [4.78, 5) is 11.6. The molecule has 0 bridgehead atoms. The van der Waals surface area contributed by atoms with Gasteiger partial charge in [-0.15, -0.1) is 0 Å². The summed E-state index contributed by atoms with van der Waals surface area (Å²) in [6.07, 6.45) is -3.70. The van der Waals surface area contributed by atoms with Gasteiger partial charge in [0.2, 0.25) is 5.28 Å². The first-order valence-electron chi connectivity index (χ1n) is 6.12. The smallest absolute Gasteiger partial charge is 0.416 e. The first-order valence-corrected chi connectivity index (χ1v) is 6.50. The quantitative estimate of drug-likeness (QED) is 0.855. The predicted octanol–water partition coefficient (Wildman–Crippen LogP) is 4.00. The summed E-state index contributed by atoms with van der Waals surface area (Å²) in [5.74, 6) is 0.0344. The van der Waals surface area contributed by atoms with Gasteiger partial charge in [-0.2, -0.15) is 28.1 Å². The fourth-order valence-corrected chi connectivity index (χ4v) is 1.71. The Hall–Kier alpha value is -1.89. The summed E-state index contributed by atoms with van der Waals surface area (Å²) in [5.41, 5.74) is -0.594. The van der Waals surface area contributed by atoms with Crippen molar-refractivity contribution in [2.75, 3.05) is 6.61 Å². The van der Waals surface area contributed by atoms with Gasteiger partial charge in [-0.3, -0.25) is 0 Å². The Balaban J connectivity index is 2.39. The molecule has 8 heteroatoms. The minimum Gasteiger partial charge on any atom is -0.463 e. The summed E-state index contributed by atoms with van der Waals surface area (Å²) in [5, 5.41) is -0.136. The van der Waals surface area contributed by atoms with Crippen LogP contribution in [0.5, 0.6) is 6.01 Å². The molecule has 0 unspecified atom stereocenters. The predicted molar refractivity (Wildman–Crippen MR) is 71.1 cm³/mol. The summed E-state index contributed by atoms with van der Waals surface area (Å²) >= 11 is 5.74. The molecule has 0 fully saturated rings. The van der Waals surface area contributed by atoms with E-state index in [1.54, 1.807) is 0 Å². The lowest BCUT2D eigenvalue weighted by Crippen LogP contribution is -2.06. The van der Waals surface area contributed by atoms with Crippen molar-refractivity contribution in [2.24, 2.45) is 0 Å².